The average molecular weight is 404 g/mol. The molecule has 0 bridgehead atoms. The first-order chi connectivity index (χ1) is 13.0. The maximum Gasteiger partial charge on any atom is 0.341 e. The van der Waals surface area contributed by atoms with Crippen molar-refractivity contribution in [2.75, 3.05) is 20.0 Å². The van der Waals surface area contributed by atoms with Gasteiger partial charge in [0, 0.05) is 16.7 Å². The van der Waals surface area contributed by atoms with Gasteiger partial charge in [0.2, 0.25) is 0 Å². The van der Waals surface area contributed by atoms with Crippen molar-refractivity contribution >= 4 is 35.1 Å². The number of thioether (sulfide) groups is 1. The Labute approximate surface area is 167 Å². The highest BCUT2D eigenvalue weighted by Crippen LogP contribution is 2.34. The van der Waals surface area contributed by atoms with Crippen LogP contribution in [0.25, 0.3) is 5.76 Å². The quantitative estimate of drug-likeness (QED) is 0.361. The summed E-state index contributed by atoms with van der Waals surface area (Å²) in [6, 6.07) is 13.9. The SMILES string of the molecule is CCS/C(C#N)=C(/Oc1cc(OC)ccc1C(=O)OC)c1ccc(Cl)cc1. The van der Waals surface area contributed by atoms with Crippen molar-refractivity contribution in [3.8, 4) is 17.6 Å². The van der Waals surface area contributed by atoms with Gasteiger partial charge in [0.1, 0.15) is 28.0 Å². The molecule has 2 rings (SSSR count). The first kappa shape index (κ1) is 20.7. The minimum atomic E-state index is -0.551. The lowest BCUT2D eigenvalue weighted by Gasteiger charge is -2.16. The van der Waals surface area contributed by atoms with Crippen LogP contribution in [0.1, 0.15) is 22.8 Å². The fourth-order valence-corrected chi connectivity index (χ4v) is 3.00. The molecule has 27 heavy (non-hydrogen) atoms. The van der Waals surface area contributed by atoms with Gasteiger partial charge in [-0.05, 0) is 42.2 Å². The topological polar surface area (TPSA) is 68.5 Å². The van der Waals surface area contributed by atoms with Gasteiger partial charge in [0.15, 0.2) is 5.76 Å². The molecule has 5 nitrogen and oxygen atoms in total. The van der Waals surface area contributed by atoms with Gasteiger partial charge in [-0.1, -0.05) is 18.5 Å². The van der Waals surface area contributed by atoms with E-state index in [4.69, 9.17) is 25.8 Å². The Morgan fingerprint density at radius 2 is 1.89 bits per heavy atom. The molecule has 0 unspecified atom stereocenters. The number of hydrogen-bond acceptors (Lipinski definition) is 6. The molecule has 0 saturated heterocycles. The van der Waals surface area contributed by atoms with Crippen molar-refractivity contribution < 1.29 is 19.0 Å². The lowest BCUT2D eigenvalue weighted by molar-refractivity contribution is 0.0598. The number of nitriles is 1. The fraction of sp³-hybridized carbons (Fsp3) is 0.200. The molecule has 0 heterocycles. The summed E-state index contributed by atoms with van der Waals surface area (Å²) in [4.78, 5) is 12.5. The summed E-state index contributed by atoms with van der Waals surface area (Å²) < 4.78 is 16.1. The van der Waals surface area contributed by atoms with Gasteiger partial charge < -0.3 is 14.2 Å². The molecule has 0 aliphatic heterocycles. The first-order valence-corrected chi connectivity index (χ1v) is 9.37. The highest BCUT2D eigenvalue weighted by atomic mass is 35.5. The zero-order chi connectivity index (χ0) is 19.8. The predicted octanol–water partition coefficient (Wildman–Crippen LogP) is 5.16. The van der Waals surface area contributed by atoms with Crippen molar-refractivity contribution in [2.45, 2.75) is 6.92 Å². The number of halogens is 1. The summed E-state index contributed by atoms with van der Waals surface area (Å²) in [5.74, 6) is 1.21. The molecule has 0 spiro atoms. The van der Waals surface area contributed by atoms with E-state index in [-0.39, 0.29) is 11.3 Å². The standard InChI is InChI=1S/C20H18ClNO4S/c1-4-27-18(12-22)19(13-5-7-14(21)8-6-13)26-17-11-15(24-2)9-10-16(17)20(23)25-3/h5-11H,4H2,1-3H3/b19-18+. The van der Waals surface area contributed by atoms with Gasteiger partial charge in [-0.15, -0.1) is 11.8 Å². The van der Waals surface area contributed by atoms with Crippen LogP contribution < -0.4 is 9.47 Å². The van der Waals surface area contributed by atoms with E-state index >= 15 is 0 Å². The number of carbonyl (C=O) groups is 1. The van der Waals surface area contributed by atoms with Crippen LogP contribution in [0, 0.1) is 11.3 Å². The number of allylic oxidation sites excluding steroid dienone is 1. The number of hydrogen-bond donors (Lipinski definition) is 0. The van der Waals surface area contributed by atoms with Crippen LogP contribution in [-0.4, -0.2) is 25.9 Å². The molecule has 140 valence electrons. The molecule has 0 atom stereocenters. The molecule has 2 aromatic carbocycles. The van der Waals surface area contributed by atoms with E-state index in [1.54, 1.807) is 42.5 Å². The Morgan fingerprint density at radius 3 is 2.44 bits per heavy atom. The average Bonchev–Trinajstić information content (AvgIpc) is 2.70. The Hall–Kier alpha value is -2.62. The molecule has 2 aromatic rings. The van der Waals surface area contributed by atoms with Gasteiger partial charge in [0.05, 0.1) is 14.2 Å². The minimum Gasteiger partial charge on any atom is -0.497 e. The molecular formula is C20H18ClNO4S. The second-order valence-electron chi connectivity index (χ2n) is 5.17. The molecule has 0 fully saturated rings. The molecule has 0 radical (unpaired) electrons. The third-order valence-electron chi connectivity index (χ3n) is 3.51. The third kappa shape index (κ3) is 5.19. The second-order valence-corrected chi connectivity index (χ2v) is 6.88. The van der Waals surface area contributed by atoms with Gasteiger partial charge in [-0.3, -0.25) is 0 Å². The maximum atomic E-state index is 12.1. The second kappa shape index (κ2) is 9.91. The molecular weight excluding hydrogens is 386 g/mol. The summed E-state index contributed by atoms with van der Waals surface area (Å²) in [5.41, 5.74) is 0.888. The number of benzene rings is 2. The number of esters is 1. The largest absolute Gasteiger partial charge is 0.497 e. The fourth-order valence-electron chi connectivity index (χ4n) is 2.23. The van der Waals surface area contributed by atoms with Crippen LogP contribution in [0.3, 0.4) is 0 Å². The molecule has 0 N–H and O–H groups in total. The number of rotatable bonds is 7. The summed E-state index contributed by atoms with van der Waals surface area (Å²) in [6.07, 6.45) is 0. The molecule has 0 aliphatic carbocycles. The molecule has 0 aliphatic rings. The van der Waals surface area contributed by atoms with Gasteiger partial charge in [0.25, 0.3) is 0 Å². The van der Waals surface area contributed by atoms with Gasteiger partial charge in [-0.25, -0.2) is 4.79 Å². The van der Waals surface area contributed by atoms with Crippen LogP contribution in [0.5, 0.6) is 11.5 Å². The first-order valence-electron chi connectivity index (χ1n) is 8.01. The molecule has 0 aromatic heterocycles. The minimum absolute atomic E-state index is 0.226. The van der Waals surface area contributed by atoms with Crippen LogP contribution >= 0.6 is 23.4 Å². The predicted molar refractivity (Wildman–Crippen MR) is 107 cm³/mol. The Morgan fingerprint density at radius 1 is 1.19 bits per heavy atom. The van der Waals surface area contributed by atoms with Crippen LogP contribution in [0.15, 0.2) is 47.4 Å². The monoisotopic (exact) mass is 403 g/mol. The highest BCUT2D eigenvalue weighted by molar-refractivity contribution is 8.03. The van der Waals surface area contributed by atoms with Crippen LogP contribution in [0.2, 0.25) is 5.02 Å². The zero-order valence-corrected chi connectivity index (χ0v) is 16.7. The normalized spacial score (nSPS) is 11.2. The Bertz CT molecular complexity index is 888. The molecule has 0 saturated carbocycles. The molecule has 7 heteroatoms. The van der Waals surface area contributed by atoms with Gasteiger partial charge >= 0.3 is 5.97 Å². The summed E-state index contributed by atoms with van der Waals surface area (Å²) >= 11 is 7.32. The lowest BCUT2D eigenvalue weighted by Crippen LogP contribution is -2.07. The Kier molecular flexibility index (Phi) is 7.59. The van der Waals surface area contributed by atoms with Crippen molar-refractivity contribution in [3.63, 3.8) is 0 Å². The molecule has 0 amide bonds. The summed E-state index contributed by atoms with van der Waals surface area (Å²) in [6.45, 7) is 1.94. The van der Waals surface area contributed by atoms with Crippen LogP contribution in [0.4, 0.5) is 0 Å². The smallest absolute Gasteiger partial charge is 0.341 e. The van der Waals surface area contributed by atoms with E-state index < -0.39 is 5.97 Å². The van der Waals surface area contributed by atoms with Crippen molar-refractivity contribution in [1.82, 2.24) is 0 Å². The summed E-state index contributed by atoms with van der Waals surface area (Å²) in [7, 11) is 2.81. The summed E-state index contributed by atoms with van der Waals surface area (Å²) in [5, 5.41) is 10.2. The third-order valence-corrected chi connectivity index (χ3v) is 4.61. The highest BCUT2D eigenvalue weighted by Gasteiger charge is 2.19. The number of carbonyl (C=O) groups excluding carboxylic acids is 1. The maximum absolute atomic E-state index is 12.1. The van der Waals surface area contributed by atoms with Crippen molar-refractivity contribution in [2.24, 2.45) is 0 Å². The van der Waals surface area contributed by atoms with Crippen molar-refractivity contribution in [1.29, 1.82) is 5.26 Å². The Balaban J connectivity index is 2.61. The van der Waals surface area contributed by atoms with Crippen LogP contribution in [-0.2, 0) is 4.74 Å². The van der Waals surface area contributed by atoms with Gasteiger partial charge in [-0.2, -0.15) is 5.26 Å². The number of nitrogens with zero attached hydrogens (tertiary/aromatic N) is 1. The number of ether oxygens (including phenoxy) is 3. The number of methoxy groups -OCH3 is 2. The zero-order valence-electron chi connectivity index (χ0n) is 15.1. The lowest BCUT2D eigenvalue weighted by atomic mass is 10.1. The van der Waals surface area contributed by atoms with E-state index in [1.807, 2.05) is 6.92 Å². The van der Waals surface area contributed by atoms with E-state index in [1.165, 1.54) is 26.0 Å². The van der Waals surface area contributed by atoms with E-state index in [9.17, 15) is 10.1 Å². The van der Waals surface area contributed by atoms with Crippen molar-refractivity contribution in [3.05, 3.63) is 63.5 Å². The van der Waals surface area contributed by atoms with E-state index in [0.717, 1.165) is 0 Å². The van der Waals surface area contributed by atoms with E-state index in [2.05, 4.69) is 6.07 Å². The van der Waals surface area contributed by atoms with E-state index in [0.29, 0.717) is 32.8 Å².